The van der Waals surface area contributed by atoms with Gasteiger partial charge in [0.15, 0.2) is 0 Å². The summed E-state index contributed by atoms with van der Waals surface area (Å²) in [6.45, 7) is 4.58. The summed E-state index contributed by atoms with van der Waals surface area (Å²) >= 11 is 1.80. The fraction of sp³-hybridized carbons (Fsp3) is 0.389. The van der Waals surface area contributed by atoms with Crippen molar-refractivity contribution in [1.82, 2.24) is 10.3 Å². The van der Waals surface area contributed by atoms with Gasteiger partial charge in [-0.1, -0.05) is 0 Å². The van der Waals surface area contributed by atoms with Crippen molar-refractivity contribution in [3.63, 3.8) is 0 Å². The number of carbonyl (C=O) groups is 2. The first-order valence-corrected chi connectivity index (χ1v) is 8.88. The Hall–Kier alpha value is -2.21. The Kier molecular flexibility index (Phi) is 6.93. The van der Waals surface area contributed by atoms with E-state index in [4.69, 9.17) is 0 Å². The molecule has 0 spiro atoms. The molecule has 0 unspecified atom stereocenters. The molecule has 2 amide bonds. The van der Waals surface area contributed by atoms with Crippen LogP contribution in [0.3, 0.4) is 0 Å². The predicted molar refractivity (Wildman–Crippen MR) is 97.2 cm³/mol. The monoisotopic (exact) mass is 345 g/mol. The lowest BCUT2D eigenvalue weighted by molar-refractivity contribution is -0.121. The Morgan fingerprint density at radius 2 is 1.88 bits per heavy atom. The van der Waals surface area contributed by atoms with E-state index < -0.39 is 0 Å². The van der Waals surface area contributed by atoms with Gasteiger partial charge in [0, 0.05) is 47.2 Å². The summed E-state index contributed by atoms with van der Waals surface area (Å²) in [6, 6.07) is 5.65. The molecule has 2 N–H and O–H groups in total. The number of anilines is 1. The molecule has 0 aliphatic carbocycles. The van der Waals surface area contributed by atoms with Crippen LogP contribution in [0.1, 0.15) is 34.6 Å². The SMILES string of the molecule is Cc1cc(CCCC(=O)NCCC(=O)Nc2ccncc2)c(C)s1. The molecule has 2 aromatic rings. The van der Waals surface area contributed by atoms with Gasteiger partial charge in [0.1, 0.15) is 0 Å². The Morgan fingerprint density at radius 1 is 1.12 bits per heavy atom. The van der Waals surface area contributed by atoms with Gasteiger partial charge in [0.25, 0.3) is 0 Å². The first-order chi connectivity index (χ1) is 11.5. The van der Waals surface area contributed by atoms with Gasteiger partial charge >= 0.3 is 0 Å². The lowest BCUT2D eigenvalue weighted by Gasteiger charge is -2.06. The molecular formula is C18H23N3O2S. The smallest absolute Gasteiger partial charge is 0.226 e. The number of rotatable bonds is 8. The minimum absolute atomic E-state index is 0.00341. The van der Waals surface area contributed by atoms with E-state index in [0.29, 0.717) is 18.7 Å². The fourth-order valence-electron chi connectivity index (χ4n) is 2.43. The Bertz CT molecular complexity index is 683. The lowest BCUT2D eigenvalue weighted by Crippen LogP contribution is -2.27. The minimum atomic E-state index is -0.120. The summed E-state index contributed by atoms with van der Waals surface area (Å²) in [5, 5.41) is 5.56. The molecular weight excluding hydrogens is 322 g/mol. The predicted octanol–water partition coefficient (Wildman–Crippen LogP) is 3.23. The highest BCUT2D eigenvalue weighted by molar-refractivity contribution is 7.12. The summed E-state index contributed by atoms with van der Waals surface area (Å²) in [6.07, 6.45) is 5.73. The number of amides is 2. The minimum Gasteiger partial charge on any atom is -0.356 e. The zero-order valence-electron chi connectivity index (χ0n) is 14.1. The molecule has 24 heavy (non-hydrogen) atoms. The molecule has 0 radical (unpaired) electrons. The number of carbonyl (C=O) groups excluding carboxylic acids is 2. The zero-order chi connectivity index (χ0) is 17.4. The molecule has 6 heteroatoms. The van der Waals surface area contributed by atoms with Crippen molar-refractivity contribution >= 4 is 28.8 Å². The van der Waals surface area contributed by atoms with Crippen molar-refractivity contribution in [2.45, 2.75) is 39.5 Å². The number of nitrogens with one attached hydrogen (secondary N) is 2. The van der Waals surface area contributed by atoms with Crippen LogP contribution in [0.2, 0.25) is 0 Å². The third-order valence-electron chi connectivity index (χ3n) is 3.63. The highest BCUT2D eigenvalue weighted by Gasteiger charge is 2.07. The average molecular weight is 345 g/mol. The van der Waals surface area contributed by atoms with Crippen molar-refractivity contribution in [3.8, 4) is 0 Å². The number of pyridine rings is 1. The second kappa shape index (κ2) is 9.17. The average Bonchev–Trinajstić information content (AvgIpc) is 2.86. The van der Waals surface area contributed by atoms with E-state index >= 15 is 0 Å². The number of hydrogen-bond acceptors (Lipinski definition) is 4. The third kappa shape index (κ3) is 6.12. The maximum Gasteiger partial charge on any atom is 0.226 e. The molecule has 0 saturated heterocycles. The molecule has 5 nitrogen and oxygen atoms in total. The molecule has 2 aromatic heterocycles. The highest BCUT2D eigenvalue weighted by atomic mass is 32.1. The summed E-state index contributed by atoms with van der Waals surface area (Å²) in [5.41, 5.74) is 2.05. The maximum atomic E-state index is 11.8. The zero-order valence-corrected chi connectivity index (χ0v) is 14.9. The standard InChI is InChI=1S/C18H23N3O2S/c1-13-12-15(14(2)24-13)4-3-5-17(22)20-11-8-18(23)21-16-6-9-19-10-7-16/h6-7,9-10,12H,3-5,8,11H2,1-2H3,(H,20,22)(H,19,21,23). The number of thiophene rings is 1. The van der Waals surface area contributed by atoms with Gasteiger partial charge in [-0.3, -0.25) is 14.6 Å². The van der Waals surface area contributed by atoms with Gasteiger partial charge in [0.05, 0.1) is 0 Å². The van der Waals surface area contributed by atoms with Crippen LogP contribution in [-0.2, 0) is 16.0 Å². The van der Waals surface area contributed by atoms with Crippen LogP contribution in [0, 0.1) is 13.8 Å². The van der Waals surface area contributed by atoms with E-state index in [1.54, 1.807) is 35.9 Å². The van der Waals surface area contributed by atoms with E-state index in [2.05, 4.69) is 35.5 Å². The number of aryl methyl sites for hydroxylation is 3. The summed E-state index contributed by atoms with van der Waals surface area (Å²) in [4.78, 5) is 30.1. The number of nitrogens with zero attached hydrogens (tertiary/aromatic N) is 1. The van der Waals surface area contributed by atoms with E-state index in [-0.39, 0.29) is 18.2 Å². The number of aromatic nitrogens is 1. The Morgan fingerprint density at radius 3 is 2.54 bits per heavy atom. The Balaban J connectivity index is 1.59. The second-order valence-corrected chi connectivity index (χ2v) is 7.14. The van der Waals surface area contributed by atoms with Crippen LogP contribution >= 0.6 is 11.3 Å². The van der Waals surface area contributed by atoms with Crippen LogP contribution in [-0.4, -0.2) is 23.3 Å². The van der Waals surface area contributed by atoms with Crippen LogP contribution in [0.4, 0.5) is 5.69 Å². The van der Waals surface area contributed by atoms with Crippen LogP contribution in [0.15, 0.2) is 30.6 Å². The van der Waals surface area contributed by atoms with Gasteiger partial charge in [-0.05, 0) is 50.5 Å². The van der Waals surface area contributed by atoms with Gasteiger partial charge < -0.3 is 10.6 Å². The van der Waals surface area contributed by atoms with Crippen molar-refractivity contribution in [2.24, 2.45) is 0 Å². The molecule has 0 aromatic carbocycles. The third-order valence-corrected chi connectivity index (χ3v) is 4.64. The normalized spacial score (nSPS) is 10.4. The summed E-state index contributed by atoms with van der Waals surface area (Å²) in [5.74, 6) is -0.123. The first-order valence-electron chi connectivity index (χ1n) is 8.07. The molecule has 0 aliphatic heterocycles. The van der Waals surface area contributed by atoms with Crippen molar-refractivity contribution in [1.29, 1.82) is 0 Å². The van der Waals surface area contributed by atoms with Crippen molar-refractivity contribution in [3.05, 3.63) is 45.9 Å². The molecule has 0 saturated carbocycles. The molecule has 0 fully saturated rings. The van der Waals surface area contributed by atoms with Gasteiger partial charge in [-0.25, -0.2) is 0 Å². The summed E-state index contributed by atoms with van der Waals surface area (Å²) < 4.78 is 0. The Labute approximate surface area is 146 Å². The van der Waals surface area contributed by atoms with Gasteiger partial charge in [-0.2, -0.15) is 0 Å². The van der Waals surface area contributed by atoms with Crippen LogP contribution < -0.4 is 10.6 Å². The van der Waals surface area contributed by atoms with E-state index in [1.807, 2.05) is 0 Å². The van der Waals surface area contributed by atoms with E-state index in [0.717, 1.165) is 12.8 Å². The second-order valence-electron chi connectivity index (χ2n) is 5.68. The quantitative estimate of drug-likeness (QED) is 0.771. The number of hydrogen-bond donors (Lipinski definition) is 2. The molecule has 0 aliphatic rings. The van der Waals surface area contributed by atoms with Crippen LogP contribution in [0.5, 0.6) is 0 Å². The molecule has 2 rings (SSSR count). The van der Waals surface area contributed by atoms with Gasteiger partial charge in [-0.15, -0.1) is 11.3 Å². The fourth-order valence-corrected chi connectivity index (χ4v) is 3.41. The largest absolute Gasteiger partial charge is 0.356 e. The maximum absolute atomic E-state index is 11.8. The van der Waals surface area contributed by atoms with E-state index in [9.17, 15) is 9.59 Å². The topological polar surface area (TPSA) is 71.1 Å². The van der Waals surface area contributed by atoms with Gasteiger partial charge in [0.2, 0.25) is 11.8 Å². The molecule has 128 valence electrons. The van der Waals surface area contributed by atoms with Crippen molar-refractivity contribution in [2.75, 3.05) is 11.9 Å². The van der Waals surface area contributed by atoms with Crippen LogP contribution in [0.25, 0.3) is 0 Å². The highest BCUT2D eigenvalue weighted by Crippen LogP contribution is 2.22. The first kappa shape index (κ1) is 18.1. The molecule has 2 heterocycles. The molecule has 0 bridgehead atoms. The summed E-state index contributed by atoms with van der Waals surface area (Å²) in [7, 11) is 0. The van der Waals surface area contributed by atoms with Crippen molar-refractivity contribution < 1.29 is 9.59 Å². The molecule has 0 atom stereocenters. The van der Waals surface area contributed by atoms with E-state index in [1.165, 1.54) is 15.3 Å². The lowest BCUT2D eigenvalue weighted by atomic mass is 10.1.